The summed E-state index contributed by atoms with van der Waals surface area (Å²) in [4.78, 5) is 35.6. The minimum atomic E-state index is -1.08. The van der Waals surface area contributed by atoms with Gasteiger partial charge in [-0.3, -0.25) is 0 Å². The number of aliphatic carboxylic acids is 4. The van der Waals surface area contributed by atoms with E-state index in [-0.39, 0.29) is 68.3 Å². The van der Waals surface area contributed by atoms with Crippen LogP contribution in [0.3, 0.4) is 0 Å². The van der Waals surface area contributed by atoms with Crippen LogP contribution in [0.5, 0.6) is 0 Å². The van der Waals surface area contributed by atoms with Crippen molar-refractivity contribution in [3.05, 3.63) is 0 Å². The molecule has 28 heavy (non-hydrogen) atoms. The monoisotopic (exact) mass is 612 g/mol. The fourth-order valence-corrected chi connectivity index (χ4v) is 0. The van der Waals surface area contributed by atoms with Gasteiger partial charge in [0.25, 0.3) is 0 Å². The summed E-state index contributed by atoms with van der Waals surface area (Å²) in [5.74, 6) is -4.33. The number of rotatable bonds is 0. The molecule has 0 aliphatic heterocycles. The molecule has 16 heteroatoms. The molecule has 0 aliphatic rings. The van der Waals surface area contributed by atoms with Crippen LogP contribution in [0.4, 0.5) is 0 Å². The van der Waals surface area contributed by atoms with Crippen LogP contribution in [0, 0.1) is 0 Å². The number of carbonyl (C=O) groups excluding carboxylic acids is 4. The molecule has 0 aromatic carbocycles. The van der Waals surface area contributed by atoms with Crippen LogP contribution in [-0.4, -0.2) is 52.3 Å². The van der Waals surface area contributed by atoms with E-state index in [9.17, 15) is 0 Å². The molecule has 4 radical (unpaired) electrons. The number of carbonyl (C=O) groups is 4. The van der Waals surface area contributed by atoms with Crippen molar-refractivity contribution >= 4 is 23.9 Å². The van der Waals surface area contributed by atoms with E-state index < -0.39 is 23.9 Å². The zero-order valence-electron chi connectivity index (χ0n) is 16.1. The van der Waals surface area contributed by atoms with E-state index in [2.05, 4.69) is 0 Å². The smallest absolute Gasteiger partial charge is 0.857 e. The molecule has 188 valence electrons. The van der Waals surface area contributed by atoms with E-state index in [0.29, 0.717) is 0 Å². The molecular weight excluding hydrogens is 590 g/mol. The Hall–Kier alpha value is -0.202. The normalized spacial score (nSPS) is 4.43. The molecule has 0 N–H and O–H groups in total. The van der Waals surface area contributed by atoms with Crippen LogP contribution >= 0.6 is 0 Å². The van der Waals surface area contributed by atoms with Crippen molar-refractivity contribution in [3.63, 3.8) is 0 Å². The maximum Gasteiger partial charge on any atom is 2.00 e. The topological polar surface area (TPSA) is 253 Å². The van der Waals surface area contributed by atoms with Gasteiger partial charge in [-0.1, -0.05) is 0 Å². The Morgan fingerprint density at radius 1 is 0.357 bits per heavy atom. The summed E-state index contributed by atoms with van der Waals surface area (Å²) in [5.41, 5.74) is 0. The first-order valence-corrected chi connectivity index (χ1v) is 5.27. The molecule has 12 nitrogen and oxygen atoms in total. The van der Waals surface area contributed by atoms with Gasteiger partial charge >= 0.3 is 68.3 Å². The fourth-order valence-electron chi connectivity index (χ4n) is 0. The maximum atomic E-state index is 8.89. The summed E-state index contributed by atoms with van der Waals surface area (Å²) in [6.45, 7) is 3.89. The van der Waals surface area contributed by atoms with Crippen LogP contribution in [-0.2, 0) is 87.5 Å². The van der Waals surface area contributed by atoms with Crippen LogP contribution in [0.2, 0.25) is 0 Å². The number of hydrogen-bond donors (Lipinski definition) is 0. The van der Waals surface area contributed by atoms with Crippen molar-refractivity contribution in [2.75, 3.05) is 28.4 Å². The summed E-state index contributed by atoms with van der Waals surface area (Å²) in [6, 6.07) is 0. The predicted molar refractivity (Wildman–Crippen MR) is 66.4 cm³/mol. The third-order valence-corrected chi connectivity index (χ3v) is 0. The third-order valence-electron chi connectivity index (χ3n) is 0. The summed E-state index contributed by atoms with van der Waals surface area (Å²) >= 11 is 0. The standard InChI is InChI=1S/4C2H4O2.4CH3O.4Cu/c4*1-2(3)4;4*1-2;;;;/h4*1H3,(H,3,4);4*1H3;;;;/q;;;;4*-1;4*+2/p-4. The van der Waals surface area contributed by atoms with Crippen molar-refractivity contribution < 1.29 is 128 Å². The number of carboxylic acid groups (broad SMARTS) is 4. The Morgan fingerprint density at radius 2 is 0.357 bits per heavy atom. The van der Waals surface area contributed by atoms with Gasteiger partial charge in [-0.2, -0.15) is 28.4 Å². The van der Waals surface area contributed by atoms with Gasteiger partial charge in [0.1, 0.15) is 0 Å². The molecule has 0 fully saturated rings. The molecule has 0 aliphatic carbocycles. The fraction of sp³-hybridized carbons (Fsp3) is 0.667. The molecule has 0 bridgehead atoms. The van der Waals surface area contributed by atoms with E-state index in [1.165, 1.54) is 0 Å². The molecule has 0 aromatic heterocycles. The molecule has 0 unspecified atom stereocenters. The van der Waals surface area contributed by atoms with Crippen LogP contribution < -0.4 is 40.9 Å². The molecule has 0 aromatic rings. The predicted octanol–water partition coefficient (Wildman–Crippen LogP) is -9.08. The first-order chi connectivity index (χ1) is 10.9. The van der Waals surface area contributed by atoms with E-state index in [0.717, 1.165) is 56.1 Å². The van der Waals surface area contributed by atoms with Crippen molar-refractivity contribution in [2.24, 2.45) is 0 Å². The Bertz CT molecular complexity index is 181. The van der Waals surface area contributed by atoms with Gasteiger partial charge in [0.05, 0.1) is 0 Å². The van der Waals surface area contributed by atoms with Crippen molar-refractivity contribution in [1.82, 2.24) is 0 Å². The van der Waals surface area contributed by atoms with E-state index in [4.69, 9.17) is 60.0 Å². The molecule has 0 spiro atoms. The van der Waals surface area contributed by atoms with Gasteiger partial charge < -0.3 is 60.0 Å². The summed E-state index contributed by atoms with van der Waals surface area (Å²) in [7, 11) is 3.00. The molecular formula is C12H24Cu4O12. The van der Waals surface area contributed by atoms with Crippen LogP contribution in [0.15, 0.2) is 0 Å². The van der Waals surface area contributed by atoms with Gasteiger partial charge in [-0.05, 0) is 27.7 Å². The first kappa shape index (κ1) is 80.0. The van der Waals surface area contributed by atoms with Crippen LogP contribution in [0.1, 0.15) is 27.7 Å². The average Bonchev–Trinajstić information content (AvgIpc) is 2.44. The molecule has 0 atom stereocenters. The Morgan fingerprint density at radius 3 is 0.357 bits per heavy atom. The first-order valence-electron chi connectivity index (χ1n) is 5.27. The summed E-state index contributed by atoms with van der Waals surface area (Å²) < 4.78 is 0. The van der Waals surface area contributed by atoms with E-state index in [1.54, 1.807) is 0 Å². The maximum absolute atomic E-state index is 8.89. The van der Waals surface area contributed by atoms with Gasteiger partial charge in [0.2, 0.25) is 0 Å². The van der Waals surface area contributed by atoms with Crippen molar-refractivity contribution in [3.8, 4) is 0 Å². The van der Waals surface area contributed by atoms with Gasteiger partial charge in [0, 0.05) is 23.9 Å². The second-order valence-corrected chi connectivity index (χ2v) is 1.97. The molecule has 0 saturated carbocycles. The van der Waals surface area contributed by atoms with E-state index >= 15 is 0 Å². The molecule has 0 heterocycles. The second-order valence-electron chi connectivity index (χ2n) is 1.97. The summed E-state index contributed by atoms with van der Waals surface area (Å²) in [5, 5.41) is 68.6. The minimum absolute atomic E-state index is 0. The van der Waals surface area contributed by atoms with Gasteiger partial charge in [-0.15, -0.1) is 0 Å². The zero-order valence-corrected chi connectivity index (χ0v) is 19.9. The SMILES string of the molecule is CC(=O)[O-].CC(=O)[O-].CC(=O)[O-].CC(=O)[O-].C[O-].C[O-].C[O-].C[O-].[Cu+2].[Cu+2].[Cu+2].[Cu+2]. The van der Waals surface area contributed by atoms with Gasteiger partial charge in [-0.25, -0.2) is 0 Å². The van der Waals surface area contributed by atoms with E-state index in [1.807, 2.05) is 0 Å². The molecule has 0 rings (SSSR count). The number of hydrogen-bond acceptors (Lipinski definition) is 12. The second kappa shape index (κ2) is 128. The molecule has 0 saturated heterocycles. The van der Waals surface area contributed by atoms with Gasteiger partial charge in [0.15, 0.2) is 0 Å². The van der Waals surface area contributed by atoms with Crippen molar-refractivity contribution in [2.45, 2.75) is 27.7 Å². The Kier molecular flexibility index (Phi) is 366. The zero-order chi connectivity index (χ0) is 22.3. The molecule has 0 amide bonds. The largest absolute Gasteiger partial charge is 2.00 e. The Labute approximate surface area is 207 Å². The average molecular weight is 614 g/mol. The minimum Gasteiger partial charge on any atom is -0.857 e. The number of carboxylic acids is 4. The van der Waals surface area contributed by atoms with Crippen LogP contribution in [0.25, 0.3) is 0 Å². The summed E-state index contributed by atoms with van der Waals surface area (Å²) in [6.07, 6.45) is 0. The Balaban J connectivity index is -0.0000000105. The third kappa shape index (κ3) is 388000. The van der Waals surface area contributed by atoms with Crippen molar-refractivity contribution in [1.29, 1.82) is 0 Å². The quantitative estimate of drug-likeness (QED) is 0.231.